The van der Waals surface area contributed by atoms with Gasteiger partial charge in [0.15, 0.2) is 0 Å². The standard InChI is InChI=1S/C10H7BrClN3O4/c1-2-19-10(16)7-9(15(17)18)14-4-3-5(12)6(11)8(14)13-7/h3-4H,2H2,1H3. The number of carbonyl (C=O) groups is 1. The van der Waals surface area contributed by atoms with Crippen molar-refractivity contribution >= 4 is 45.0 Å². The van der Waals surface area contributed by atoms with E-state index in [0.717, 1.165) is 0 Å². The Labute approximate surface area is 120 Å². The van der Waals surface area contributed by atoms with Gasteiger partial charge < -0.3 is 14.9 Å². The number of esters is 1. The molecule has 7 nitrogen and oxygen atoms in total. The van der Waals surface area contributed by atoms with Gasteiger partial charge in [0.05, 0.1) is 17.8 Å². The first-order valence-electron chi connectivity index (χ1n) is 5.15. The quantitative estimate of drug-likeness (QED) is 0.483. The highest BCUT2D eigenvalue weighted by Crippen LogP contribution is 2.31. The highest BCUT2D eigenvalue weighted by molar-refractivity contribution is 9.10. The largest absolute Gasteiger partial charge is 0.461 e. The molecule has 2 heterocycles. The summed E-state index contributed by atoms with van der Waals surface area (Å²) < 4.78 is 6.29. The molecule has 0 aromatic carbocycles. The molecule has 2 aromatic heterocycles. The van der Waals surface area contributed by atoms with Crippen LogP contribution in [-0.2, 0) is 4.74 Å². The molecule has 0 atom stereocenters. The van der Waals surface area contributed by atoms with Crippen LogP contribution in [0.4, 0.5) is 5.82 Å². The van der Waals surface area contributed by atoms with Crippen LogP contribution in [0.2, 0.25) is 5.02 Å². The summed E-state index contributed by atoms with van der Waals surface area (Å²) in [6, 6.07) is 1.46. The second-order valence-corrected chi connectivity index (χ2v) is 4.63. The molecule has 0 saturated heterocycles. The van der Waals surface area contributed by atoms with Crippen LogP contribution in [0.15, 0.2) is 16.7 Å². The number of carbonyl (C=O) groups excluding carboxylic acids is 1. The lowest BCUT2D eigenvalue weighted by atomic mass is 10.4. The van der Waals surface area contributed by atoms with Crippen LogP contribution < -0.4 is 0 Å². The number of halogens is 2. The highest BCUT2D eigenvalue weighted by atomic mass is 79.9. The fourth-order valence-corrected chi connectivity index (χ4v) is 2.10. The molecule has 0 unspecified atom stereocenters. The molecule has 0 bridgehead atoms. The van der Waals surface area contributed by atoms with E-state index in [9.17, 15) is 14.9 Å². The molecule has 0 radical (unpaired) electrons. The number of ether oxygens (including phenoxy) is 1. The first kappa shape index (κ1) is 13.8. The van der Waals surface area contributed by atoms with Gasteiger partial charge in [0.2, 0.25) is 11.3 Å². The number of imidazole rings is 1. The summed E-state index contributed by atoms with van der Waals surface area (Å²) in [5.41, 5.74) is -0.169. The summed E-state index contributed by atoms with van der Waals surface area (Å²) >= 11 is 9.06. The van der Waals surface area contributed by atoms with Crippen molar-refractivity contribution in [1.82, 2.24) is 9.38 Å². The zero-order valence-electron chi connectivity index (χ0n) is 9.59. The number of rotatable bonds is 3. The highest BCUT2D eigenvalue weighted by Gasteiger charge is 2.30. The molecule has 2 aromatic rings. The van der Waals surface area contributed by atoms with Crippen LogP contribution in [-0.4, -0.2) is 26.9 Å². The van der Waals surface area contributed by atoms with Crippen LogP contribution in [0.1, 0.15) is 17.4 Å². The summed E-state index contributed by atoms with van der Waals surface area (Å²) in [6.07, 6.45) is 1.37. The molecule has 19 heavy (non-hydrogen) atoms. The Balaban J connectivity index is 2.77. The smallest absolute Gasteiger partial charge is 0.365 e. The van der Waals surface area contributed by atoms with E-state index in [0.29, 0.717) is 9.50 Å². The van der Waals surface area contributed by atoms with Crippen molar-refractivity contribution < 1.29 is 14.5 Å². The molecular weight excluding hydrogens is 341 g/mol. The Hall–Kier alpha value is -1.67. The fourth-order valence-electron chi connectivity index (χ4n) is 1.55. The van der Waals surface area contributed by atoms with E-state index in [1.54, 1.807) is 6.92 Å². The van der Waals surface area contributed by atoms with E-state index in [1.165, 1.54) is 16.7 Å². The topological polar surface area (TPSA) is 86.7 Å². The van der Waals surface area contributed by atoms with Gasteiger partial charge in [-0.25, -0.2) is 4.79 Å². The first-order valence-corrected chi connectivity index (χ1v) is 6.32. The SMILES string of the molecule is CCOC(=O)c1nc2c(Br)c(Cl)ccn2c1[N+](=O)[O-]. The van der Waals surface area contributed by atoms with E-state index >= 15 is 0 Å². The second-order valence-electron chi connectivity index (χ2n) is 3.43. The zero-order valence-corrected chi connectivity index (χ0v) is 11.9. The van der Waals surface area contributed by atoms with E-state index in [-0.39, 0.29) is 17.9 Å². The van der Waals surface area contributed by atoms with Gasteiger partial charge in [0, 0.05) is 0 Å². The molecule has 0 saturated carbocycles. The second kappa shape index (κ2) is 5.14. The van der Waals surface area contributed by atoms with Gasteiger partial charge in [-0.05, 0) is 33.8 Å². The van der Waals surface area contributed by atoms with Crippen LogP contribution in [0.3, 0.4) is 0 Å². The lowest BCUT2D eigenvalue weighted by Gasteiger charge is -1.98. The molecule has 0 aliphatic carbocycles. The van der Waals surface area contributed by atoms with Crippen molar-refractivity contribution in [3.63, 3.8) is 0 Å². The predicted molar refractivity (Wildman–Crippen MR) is 70.5 cm³/mol. The van der Waals surface area contributed by atoms with Crippen molar-refractivity contribution in [3.05, 3.63) is 37.6 Å². The summed E-state index contributed by atoms with van der Waals surface area (Å²) in [7, 11) is 0. The maximum atomic E-state index is 11.7. The number of hydrogen-bond acceptors (Lipinski definition) is 5. The van der Waals surface area contributed by atoms with E-state index < -0.39 is 16.7 Å². The Bertz CT molecular complexity index is 685. The molecule has 9 heteroatoms. The normalized spacial score (nSPS) is 10.7. The van der Waals surface area contributed by atoms with Gasteiger partial charge in [-0.15, -0.1) is 0 Å². The maximum absolute atomic E-state index is 11.7. The predicted octanol–water partition coefficient (Wildman–Crippen LogP) is 2.84. The Morgan fingerprint density at radius 3 is 2.95 bits per heavy atom. The van der Waals surface area contributed by atoms with Gasteiger partial charge in [0.25, 0.3) is 0 Å². The van der Waals surface area contributed by atoms with Crippen molar-refractivity contribution in [2.24, 2.45) is 0 Å². The van der Waals surface area contributed by atoms with Gasteiger partial charge in [-0.3, -0.25) is 0 Å². The average molecular weight is 349 g/mol. The molecule has 0 fully saturated rings. The van der Waals surface area contributed by atoms with E-state index in [2.05, 4.69) is 20.9 Å². The van der Waals surface area contributed by atoms with Crippen molar-refractivity contribution in [1.29, 1.82) is 0 Å². The monoisotopic (exact) mass is 347 g/mol. The lowest BCUT2D eigenvalue weighted by molar-refractivity contribution is -0.390. The minimum Gasteiger partial charge on any atom is -0.461 e. The average Bonchev–Trinajstić information content (AvgIpc) is 2.74. The lowest BCUT2D eigenvalue weighted by Crippen LogP contribution is -2.08. The summed E-state index contributed by atoms with van der Waals surface area (Å²) in [4.78, 5) is 26.0. The summed E-state index contributed by atoms with van der Waals surface area (Å²) in [5.74, 6) is -1.30. The molecular formula is C10H7BrClN3O4. The minimum absolute atomic E-state index is 0.103. The van der Waals surface area contributed by atoms with Gasteiger partial charge >= 0.3 is 11.8 Å². The van der Waals surface area contributed by atoms with Crippen LogP contribution in [0.25, 0.3) is 5.65 Å². The molecule has 2 rings (SSSR count). The molecule has 0 amide bonds. The number of aromatic nitrogens is 2. The van der Waals surface area contributed by atoms with Crippen molar-refractivity contribution in [3.8, 4) is 0 Å². The van der Waals surface area contributed by atoms with Gasteiger partial charge in [-0.1, -0.05) is 11.6 Å². The van der Waals surface area contributed by atoms with Gasteiger partial charge in [-0.2, -0.15) is 9.38 Å². The van der Waals surface area contributed by atoms with E-state index in [4.69, 9.17) is 16.3 Å². The minimum atomic E-state index is -0.846. The van der Waals surface area contributed by atoms with Gasteiger partial charge in [0.1, 0.15) is 4.47 Å². The number of hydrogen-bond donors (Lipinski definition) is 0. The third-order valence-electron chi connectivity index (χ3n) is 2.30. The molecule has 0 aliphatic heterocycles. The van der Waals surface area contributed by atoms with Crippen LogP contribution in [0.5, 0.6) is 0 Å². The number of pyridine rings is 1. The van der Waals surface area contributed by atoms with E-state index in [1.807, 2.05) is 0 Å². The Morgan fingerprint density at radius 2 is 2.37 bits per heavy atom. The fraction of sp³-hybridized carbons (Fsp3) is 0.200. The summed E-state index contributed by atoms with van der Waals surface area (Å²) in [5, 5.41) is 11.4. The van der Waals surface area contributed by atoms with Crippen molar-refractivity contribution in [2.45, 2.75) is 6.92 Å². The first-order chi connectivity index (χ1) is 8.97. The maximum Gasteiger partial charge on any atom is 0.365 e. The zero-order chi connectivity index (χ0) is 14.2. The Kier molecular flexibility index (Phi) is 3.72. The molecule has 0 N–H and O–H groups in total. The summed E-state index contributed by atoms with van der Waals surface area (Å²) in [6.45, 7) is 1.71. The molecule has 100 valence electrons. The number of nitro groups is 1. The number of fused-ring (bicyclic) bond motifs is 1. The third kappa shape index (κ3) is 2.28. The van der Waals surface area contributed by atoms with Crippen LogP contribution in [0, 0.1) is 10.1 Å². The molecule has 0 spiro atoms. The Morgan fingerprint density at radius 1 is 1.68 bits per heavy atom. The molecule has 0 aliphatic rings. The number of nitrogens with zero attached hydrogens (tertiary/aromatic N) is 3. The van der Waals surface area contributed by atoms with Crippen molar-refractivity contribution in [2.75, 3.05) is 6.61 Å². The van der Waals surface area contributed by atoms with Crippen LogP contribution >= 0.6 is 27.5 Å². The third-order valence-corrected chi connectivity index (χ3v) is 3.63.